The van der Waals surface area contributed by atoms with Gasteiger partial charge in [-0.15, -0.1) is 0 Å². The molecule has 0 saturated carbocycles. The van der Waals surface area contributed by atoms with Crippen molar-refractivity contribution in [2.75, 3.05) is 26.0 Å². The lowest BCUT2D eigenvalue weighted by Crippen LogP contribution is -2.43. The van der Waals surface area contributed by atoms with Gasteiger partial charge in [-0.05, 0) is 37.1 Å². The second-order valence-corrected chi connectivity index (χ2v) is 7.15. The first-order chi connectivity index (χ1) is 10.4. The predicted molar refractivity (Wildman–Crippen MR) is 79.5 cm³/mol. The third-order valence-corrected chi connectivity index (χ3v) is 4.80. The smallest absolute Gasteiger partial charge is 0.257 e. The fraction of sp³-hybridized carbons (Fsp3) is 0.500. The largest absolute Gasteiger partial charge is 0.484 e. The van der Waals surface area contributed by atoms with Gasteiger partial charge in [0.15, 0.2) is 6.61 Å². The van der Waals surface area contributed by atoms with Gasteiger partial charge in [-0.2, -0.15) is 4.31 Å². The first kappa shape index (κ1) is 16.7. The van der Waals surface area contributed by atoms with Crippen LogP contribution in [-0.2, 0) is 14.8 Å². The molecule has 1 aliphatic heterocycles. The van der Waals surface area contributed by atoms with Crippen molar-refractivity contribution < 1.29 is 22.3 Å². The van der Waals surface area contributed by atoms with Crippen LogP contribution in [0.5, 0.6) is 5.75 Å². The molecule has 122 valence electrons. The van der Waals surface area contributed by atoms with E-state index >= 15 is 0 Å². The van der Waals surface area contributed by atoms with Crippen LogP contribution in [0, 0.1) is 5.82 Å². The number of benzene rings is 1. The minimum absolute atomic E-state index is 0.197. The average Bonchev–Trinajstić information content (AvgIpc) is 2.93. The van der Waals surface area contributed by atoms with Gasteiger partial charge in [0.2, 0.25) is 10.0 Å². The van der Waals surface area contributed by atoms with Crippen LogP contribution >= 0.6 is 0 Å². The number of rotatable bonds is 6. The molecule has 1 fully saturated rings. The molecule has 22 heavy (non-hydrogen) atoms. The van der Waals surface area contributed by atoms with Gasteiger partial charge in [0, 0.05) is 19.1 Å². The van der Waals surface area contributed by atoms with Crippen LogP contribution in [-0.4, -0.2) is 50.6 Å². The molecule has 0 spiro atoms. The summed E-state index contributed by atoms with van der Waals surface area (Å²) in [6, 6.07) is 5.16. The predicted octanol–water partition coefficient (Wildman–Crippen LogP) is 0.745. The van der Waals surface area contributed by atoms with Gasteiger partial charge in [-0.3, -0.25) is 4.79 Å². The maximum absolute atomic E-state index is 12.7. The fourth-order valence-electron chi connectivity index (χ4n) is 2.41. The molecule has 0 aliphatic carbocycles. The molecule has 1 amide bonds. The third-order valence-electron chi connectivity index (χ3n) is 3.47. The van der Waals surface area contributed by atoms with Crippen molar-refractivity contribution in [2.24, 2.45) is 0 Å². The van der Waals surface area contributed by atoms with Gasteiger partial charge < -0.3 is 10.1 Å². The Balaban J connectivity index is 1.77. The minimum Gasteiger partial charge on any atom is -0.484 e. The molecule has 1 unspecified atom stereocenters. The van der Waals surface area contributed by atoms with Crippen molar-refractivity contribution in [1.82, 2.24) is 9.62 Å². The molecule has 1 atom stereocenters. The van der Waals surface area contributed by atoms with Crippen molar-refractivity contribution in [1.29, 1.82) is 0 Å². The molecule has 0 radical (unpaired) electrons. The Kier molecular flexibility index (Phi) is 5.36. The standard InChI is InChI=1S/C14H19FN2O4S/c1-22(19,20)17-8-2-3-12(17)9-16-14(18)10-21-13-6-4-11(15)5-7-13/h4-7,12H,2-3,8-10H2,1H3,(H,16,18). The van der Waals surface area contributed by atoms with E-state index in [1.165, 1.54) is 34.8 Å². The number of halogens is 1. The van der Waals surface area contributed by atoms with Gasteiger partial charge in [0.05, 0.1) is 6.26 Å². The lowest BCUT2D eigenvalue weighted by molar-refractivity contribution is -0.123. The number of carbonyl (C=O) groups excluding carboxylic acids is 1. The summed E-state index contributed by atoms with van der Waals surface area (Å²) in [5, 5.41) is 2.66. The van der Waals surface area contributed by atoms with E-state index in [1.807, 2.05) is 0 Å². The van der Waals surface area contributed by atoms with Crippen molar-refractivity contribution in [3.05, 3.63) is 30.1 Å². The number of carbonyl (C=O) groups is 1. The van der Waals surface area contributed by atoms with E-state index in [9.17, 15) is 17.6 Å². The first-order valence-electron chi connectivity index (χ1n) is 6.98. The molecule has 8 heteroatoms. The average molecular weight is 330 g/mol. The molecule has 1 heterocycles. The molecule has 0 aromatic heterocycles. The maximum atomic E-state index is 12.7. The Morgan fingerprint density at radius 2 is 2.09 bits per heavy atom. The monoisotopic (exact) mass is 330 g/mol. The van der Waals surface area contributed by atoms with E-state index < -0.39 is 10.0 Å². The zero-order valence-corrected chi connectivity index (χ0v) is 13.1. The number of ether oxygens (including phenoxy) is 1. The van der Waals surface area contributed by atoms with Crippen molar-refractivity contribution in [3.8, 4) is 5.75 Å². The molecule has 0 bridgehead atoms. The molecule has 1 saturated heterocycles. The molecule has 1 aromatic rings. The fourth-order valence-corrected chi connectivity index (χ4v) is 3.59. The number of amides is 1. The van der Waals surface area contributed by atoms with Crippen LogP contribution < -0.4 is 10.1 Å². The van der Waals surface area contributed by atoms with Crippen LogP contribution in [0.3, 0.4) is 0 Å². The topological polar surface area (TPSA) is 75.7 Å². The summed E-state index contributed by atoms with van der Waals surface area (Å²) >= 11 is 0. The van der Waals surface area contributed by atoms with E-state index in [0.717, 1.165) is 12.8 Å². The summed E-state index contributed by atoms with van der Waals surface area (Å²) in [5.41, 5.74) is 0. The Morgan fingerprint density at radius 1 is 1.41 bits per heavy atom. The normalized spacial score (nSPS) is 19.1. The Hall–Kier alpha value is -1.67. The number of nitrogens with zero attached hydrogens (tertiary/aromatic N) is 1. The van der Waals surface area contributed by atoms with Gasteiger partial charge in [0.1, 0.15) is 11.6 Å². The lowest BCUT2D eigenvalue weighted by Gasteiger charge is -2.22. The number of hydrogen-bond donors (Lipinski definition) is 1. The SMILES string of the molecule is CS(=O)(=O)N1CCCC1CNC(=O)COc1ccc(F)cc1. The zero-order valence-electron chi connectivity index (χ0n) is 12.3. The Bertz CT molecular complexity index is 618. The molecule has 6 nitrogen and oxygen atoms in total. The second-order valence-electron chi connectivity index (χ2n) is 5.22. The van der Waals surface area contributed by atoms with Gasteiger partial charge in [0.25, 0.3) is 5.91 Å². The maximum Gasteiger partial charge on any atom is 0.257 e. The Morgan fingerprint density at radius 3 is 2.73 bits per heavy atom. The summed E-state index contributed by atoms with van der Waals surface area (Å²) in [4.78, 5) is 11.7. The van der Waals surface area contributed by atoms with Gasteiger partial charge >= 0.3 is 0 Å². The van der Waals surface area contributed by atoms with Crippen LogP contribution in [0.15, 0.2) is 24.3 Å². The molecule has 1 aliphatic rings. The van der Waals surface area contributed by atoms with Crippen molar-refractivity contribution in [2.45, 2.75) is 18.9 Å². The molecular weight excluding hydrogens is 311 g/mol. The number of sulfonamides is 1. The highest BCUT2D eigenvalue weighted by Crippen LogP contribution is 2.19. The molecule has 2 rings (SSSR count). The van der Waals surface area contributed by atoms with Crippen molar-refractivity contribution >= 4 is 15.9 Å². The van der Waals surface area contributed by atoms with E-state index in [1.54, 1.807) is 0 Å². The summed E-state index contributed by atoms with van der Waals surface area (Å²) in [6.45, 7) is 0.557. The van der Waals surface area contributed by atoms with Crippen LogP contribution in [0.1, 0.15) is 12.8 Å². The van der Waals surface area contributed by atoms with Crippen LogP contribution in [0.2, 0.25) is 0 Å². The molecular formula is C14H19FN2O4S. The first-order valence-corrected chi connectivity index (χ1v) is 8.83. The molecule has 1 aromatic carbocycles. The minimum atomic E-state index is -3.24. The highest BCUT2D eigenvalue weighted by atomic mass is 32.2. The summed E-state index contributed by atoms with van der Waals surface area (Å²) in [7, 11) is -3.24. The highest BCUT2D eigenvalue weighted by Gasteiger charge is 2.31. The lowest BCUT2D eigenvalue weighted by atomic mass is 10.2. The zero-order chi connectivity index (χ0) is 16.2. The number of nitrogens with one attached hydrogen (secondary N) is 1. The highest BCUT2D eigenvalue weighted by molar-refractivity contribution is 7.88. The van der Waals surface area contributed by atoms with Gasteiger partial charge in [-0.1, -0.05) is 0 Å². The van der Waals surface area contributed by atoms with E-state index in [0.29, 0.717) is 12.3 Å². The molecule has 1 N–H and O–H groups in total. The van der Waals surface area contributed by atoms with Crippen LogP contribution in [0.4, 0.5) is 4.39 Å². The summed E-state index contributed by atoms with van der Waals surface area (Å²) in [6.07, 6.45) is 2.69. The second kappa shape index (κ2) is 7.06. The summed E-state index contributed by atoms with van der Waals surface area (Å²) < 4.78 is 42.5. The van der Waals surface area contributed by atoms with Gasteiger partial charge in [-0.25, -0.2) is 12.8 Å². The van der Waals surface area contributed by atoms with E-state index in [4.69, 9.17) is 4.74 Å². The van der Waals surface area contributed by atoms with E-state index in [2.05, 4.69) is 5.32 Å². The van der Waals surface area contributed by atoms with Crippen LogP contribution in [0.25, 0.3) is 0 Å². The van der Waals surface area contributed by atoms with E-state index in [-0.39, 0.29) is 30.9 Å². The third kappa shape index (κ3) is 4.67. The summed E-state index contributed by atoms with van der Waals surface area (Å²) in [5.74, 6) is -0.321. The van der Waals surface area contributed by atoms with Crippen molar-refractivity contribution in [3.63, 3.8) is 0 Å². The Labute approximate surface area is 129 Å². The number of hydrogen-bond acceptors (Lipinski definition) is 4. The quantitative estimate of drug-likeness (QED) is 0.835.